The zero-order valence-corrected chi connectivity index (χ0v) is 14.4. The number of ether oxygens (including phenoxy) is 1. The molecule has 1 fully saturated rings. The summed E-state index contributed by atoms with van der Waals surface area (Å²) in [7, 11) is 0. The third kappa shape index (κ3) is 4.56. The van der Waals surface area contributed by atoms with Crippen LogP contribution in [0.2, 0.25) is 0 Å². The first kappa shape index (κ1) is 17.4. The van der Waals surface area contributed by atoms with Gasteiger partial charge in [-0.15, -0.1) is 11.3 Å². The van der Waals surface area contributed by atoms with Gasteiger partial charge in [0.05, 0.1) is 18.3 Å². The Morgan fingerprint density at radius 2 is 2.12 bits per heavy atom. The third-order valence-electron chi connectivity index (χ3n) is 3.77. The van der Waals surface area contributed by atoms with Crippen LogP contribution in [-0.2, 0) is 4.74 Å². The predicted molar refractivity (Wildman–Crippen MR) is 97.9 cm³/mol. The van der Waals surface area contributed by atoms with Crippen molar-refractivity contribution in [3.05, 3.63) is 42.0 Å². The van der Waals surface area contributed by atoms with E-state index in [1.807, 2.05) is 30.3 Å². The predicted octanol–water partition coefficient (Wildman–Crippen LogP) is 1.62. The van der Waals surface area contributed by atoms with Gasteiger partial charge in [0, 0.05) is 24.5 Å². The summed E-state index contributed by atoms with van der Waals surface area (Å²) >= 11 is 1.31. The van der Waals surface area contributed by atoms with Crippen LogP contribution in [0.5, 0.6) is 0 Å². The van der Waals surface area contributed by atoms with Gasteiger partial charge in [-0.25, -0.2) is 4.79 Å². The van der Waals surface area contributed by atoms with Crippen molar-refractivity contribution in [1.29, 1.82) is 0 Å². The van der Waals surface area contributed by atoms with Crippen LogP contribution in [0.3, 0.4) is 0 Å². The molecule has 2 heterocycles. The van der Waals surface area contributed by atoms with Gasteiger partial charge in [-0.3, -0.25) is 10.1 Å². The van der Waals surface area contributed by atoms with Crippen molar-refractivity contribution in [2.45, 2.75) is 6.10 Å². The number of nitrogens with two attached hydrogens (primary N) is 1. The average molecular weight is 360 g/mol. The van der Waals surface area contributed by atoms with E-state index in [9.17, 15) is 9.59 Å². The van der Waals surface area contributed by atoms with Crippen LogP contribution >= 0.6 is 11.3 Å². The number of carbonyl (C=O) groups is 2. The summed E-state index contributed by atoms with van der Waals surface area (Å²) in [5.74, 6) is -0.267. The lowest BCUT2D eigenvalue weighted by Crippen LogP contribution is -2.45. The maximum absolute atomic E-state index is 12.6. The second-order valence-electron chi connectivity index (χ2n) is 5.62. The molecular weight excluding hydrogens is 340 g/mol. The number of rotatable bonds is 5. The molecule has 3 rings (SSSR count). The molecule has 0 bridgehead atoms. The molecule has 1 aliphatic heterocycles. The van der Waals surface area contributed by atoms with Gasteiger partial charge in [0.1, 0.15) is 5.00 Å². The molecular formula is C17H20N4O3S. The average Bonchev–Trinajstić information content (AvgIpc) is 3.04. The van der Waals surface area contributed by atoms with E-state index >= 15 is 0 Å². The van der Waals surface area contributed by atoms with Crippen LogP contribution in [0.1, 0.15) is 10.4 Å². The fourth-order valence-electron chi connectivity index (χ4n) is 2.56. The van der Waals surface area contributed by atoms with Gasteiger partial charge in [0.2, 0.25) is 0 Å². The molecule has 25 heavy (non-hydrogen) atoms. The van der Waals surface area contributed by atoms with Gasteiger partial charge >= 0.3 is 6.03 Å². The van der Waals surface area contributed by atoms with Crippen molar-refractivity contribution in [2.75, 3.05) is 31.6 Å². The monoisotopic (exact) mass is 360 g/mol. The van der Waals surface area contributed by atoms with Gasteiger partial charge in [-0.1, -0.05) is 30.3 Å². The first-order chi connectivity index (χ1) is 12.1. The minimum atomic E-state index is -0.699. The van der Waals surface area contributed by atoms with Crippen LogP contribution < -0.4 is 21.7 Å². The van der Waals surface area contributed by atoms with Gasteiger partial charge in [-0.2, -0.15) is 0 Å². The number of hydrogen-bond acceptors (Lipinski definition) is 5. The quantitative estimate of drug-likeness (QED) is 0.650. The minimum Gasteiger partial charge on any atom is -0.374 e. The highest BCUT2D eigenvalue weighted by Crippen LogP contribution is 2.35. The lowest BCUT2D eigenvalue weighted by Gasteiger charge is -2.23. The normalized spacial score (nSPS) is 17.0. The Morgan fingerprint density at radius 1 is 1.32 bits per heavy atom. The Kier molecular flexibility index (Phi) is 5.64. The van der Waals surface area contributed by atoms with Gasteiger partial charge in [0.15, 0.2) is 0 Å². The Labute approximate surface area is 149 Å². The number of amides is 3. The number of thiophene rings is 1. The highest BCUT2D eigenvalue weighted by molar-refractivity contribution is 7.20. The molecule has 8 heteroatoms. The largest absolute Gasteiger partial charge is 0.374 e. The SMILES string of the molecule is NC(=O)Nc1sc(-c2ccccc2)cc1C(=O)NCC1CNCCO1. The number of urea groups is 1. The minimum absolute atomic E-state index is 0.0579. The number of morpholine rings is 1. The highest BCUT2D eigenvalue weighted by Gasteiger charge is 2.20. The fourth-order valence-corrected chi connectivity index (χ4v) is 3.63. The number of primary amides is 1. The van der Waals surface area contributed by atoms with Crippen LogP contribution in [0, 0.1) is 0 Å². The summed E-state index contributed by atoms with van der Waals surface area (Å²) in [5, 5.41) is 9.04. The van der Waals surface area contributed by atoms with Crippen LogP contribution in [0.4, 0.5) is 9.80 Å². The van der Waals surface area contributed by atoms with Crippen molar-refractivity contribution in [1.82, 2.24) is 10.6 Å². The molecule has 132 valence electrons. The molecule has 0 aliphatic carbocycles. The fraction of sp³-hybridized carbons (Fsp3) is 0.294. The van der Waals surface area contributed by atoms with Gasteiger partial charge < -0.3 is 21.1 Å². The molecule has 1 aliphatic rings. The van der Waals surface area contributed by atoms with E-state index in [1.54, 1.807) is 6.07 Å². The molecule has 1 unspecified atom stereocenters. The molecule has 1 saturated heterocycles. The van der Waals surface area contributed by atoms with E-state index in [4.69, 9.17) is 10.5 Å². The van der Waals surface area contributed by atoms with Crippen LogP contribution in [0.15, 0.2) is 36.4 Å². The van der Waals surface area contributed by atoms with E-state index in [-0.39, 0.29) is 12.0 Å². The summed E-state index contributed by atoms with van der Waals surface area (Å²) < 4.78 is 5.57. The second-order valence-corrected chi connectivity index (χ2v) is 6.67. The molecule has 1 aromatic carbocycles. The number of nitrogens with one attached hydrogen (secondary N) is 3. The first-order valence-corrected chi connectivity index (χ1v) is 8.81. The topological polar surface area (TPSA) is 105 Å². The second kappa shape index (κ2) is 8.11. The van der Waals surface area contributed by atoms with Gasteiger partial charge in [0.25, 0.3) is 5.91 Å². The number of carbonyl (C=O) groups excluding carboxylic acids is 2. The van der Waals surface area contributed by atoms with Crippen LogP contribution in [-0.4, -0.2) is 44.3 Å². The van der Waals surface area contributed by atoms with Crippen LogP contribution in [0.25, 0.3) is 10.4 Å². The highest BCUT2D eigenvalue weighted by atomic mass is 32.1. The Balaban J connectivity index is 1.76. The molecule has 7 nitrogen and oxygen atoms in total. The molecule has 5 N–H and O–H groups in total. The summed E-state index contributed by atoms with van der Waals surface area (Å²) in [4.78, 5) is 24.7. The van der Waals surface area contributed by atoms with E-state index in [0.29, 0.717) is 30.3 Å². The van der Waals surface area contributed by atoms with Crippen molar-refractivity contribution >= 4 is 28.3 Å². The molecule has 3 amide bonds. The Hall–Kier alpha value is -2.42. The lowest BCUT2D eigenvalue weighted by atomic mass is 10.1. The molecule has 1 aromatic heterocycles. The summed E-state index contributed by atoms with van der Waals surface area (Å²) in [6, 6.07) is 10.7. The molecule has 2 aromatic rings. The van der Waals surface area contributed by atoms with Crippen molar-refractivity contribution in [3.63, 3.8) is 0 Å². The Bertz CT molecular complexity index is 742. The number of anilines is 1. The summed E-state index contributed by atoms with van der Waals surface area (Å²) in [6.45, 7) is 2.55. The van der Waals surface area contributed by atoms with Crippen molar-refractivity contribution in [3.8, 4) is 10.4 Å². The zero-order valence-electron chi connectivity index (χ0n) is 13.6. The first-order valence-electron chi connectivity index (χ1n) is 7.99. The smallest absolute Gasteiger partial charge is 0.317 e. The van der Waals surface area contributed by atoms with E-state index in [2.05, 4.69) is 16.0 Å². The number of benzene rings is 1. The standard InChI is InChI=1S/C17H20N4O3S/c18-17(23)21-16-13(8-14(25-16)11-4-2-1-3-5-11)15(22)20-10-12-9-19-6-7-24-12/h1-5,8,12,19H,6-7,9-10H2,(H,20,22)(H3,18,21,23). The van der Waals surface area contributed by atoms with Crippen molar-refractivity contribution in [2.24, 2.45) is 5.73 Å². The maximum atomic E-state index is 12.6. The Morgan fingerprint density at radius 3 is 2.80 bits per heavy atom. The van der Waals surface area contributed by atoms with E-state index in [0.717, 1.165) is 17.0 Å². The van der Waals surface area contributed by atoms with E-state index in [1.165, 1.54) is 11.3 Å². The third-order valence-corrected chi connectivity index (χ3v) is 4.87. The van der Waals surface area contributed by atoms with E-state index < -0.39 is 6.03 Å². The van der Waals surface area contributed by atoms with Gasteiger partial charge in [-0.05, 0) is 11.6 Å². The summed E-state index contributed by atoms with van der Waals surface area (Å²) in [6.07, 6.45) is -0.0579. The lowest BCUT2D eigenvalue weighted by molar-refractivity contribution is 0.0287. The molecule has 0 spiro atoms. The zero-order chi connectivity index (χ0) is 17.6. The maximum Gasteiger partial charge on any atom is 0.317 e. The van der Waals surface area contributed by atoms with Crippen molar-refractivity contribution < 1.29 is 14.3 Å². The molecule has 1 atom stereocenters. The number of hydrogen-bond donors (Lipinski definition) is 4. The molecule has 0 saturated carbocycles. The molecule has 0 radical (unpaired) electrons. The summed E-state index contributed by atoms with van der Waals surface area (Å²) in [5.41, 5.74) is 6.60.